The number of hydrogen-bond acceptors (Lipinski definition) is 3. The molecule has 104 valence electrons. The van der Waals surface area contributed by atoms with Gasteiger partial charge in [-0.2, -0.15) is 0 Å². The average molecular weight is 264 g/mol. The lowest BCUT2D eigenvalue weighted by molar-refractivity contribution is -0.125. The van der Waals surface area contributed by atoms with Crippen LogP contribution in [0, 0.1) is 5.41 Å². The van der Waals surface area contributed by atoms with Gasteiger partial charge < -0.3 is 16.2 Å². The zero-order valence-corrected chi connectivity index (χ0v) is 11.3. The van der Waals surface area contributed by atoms with Crippen LogP contribution in [0.4, 0.5) is 5.69 Å². The van der Waals surface area contributed by atoms with Crippen molar-refractivity contribution < 1.29 is 14.7 Å². The van der Waals surface area contributed by atoms with E-state index in [9.17, 15) is 9.59 Å². The predicted molar refractivity (Wildman–Crippen MR) is 74.1 cm³/mol. The molecule has 1 aromatic rings. The Morgan fingerprint density at radius 1 is 1.26 bits per heavy atom. The number of carbonyl (C=O) groups is 2. The highest BCUT2D eigenvalue weighted by Crippen LogP contribution is 2.27. The van der Waals surface area contributed by atoms with E-state index in [0.717, 1.165) is 0 Å². The highest BCUT2D eigenvalue weighted by atomic mass is 16.4. The molecule has 0 aromatic heterocycles. The number of rotatable bonds is 6. The Bertz CT molecular complexity index is 459. The molecule has 1 rings (SSSR count). The minimum Gasteiger partial charge on any atom is -0.478 e. The number of nitrogens with one attached hydrogen (secondary N) is 1. The van der Waals surface area contributed by atoms with Crippen molar-refractivity contribution in [3.63, 3.8) is 0 Å². The number of para-hydroxylation sites is 1. The van der Waals surface area contributed by atoms with Crippen molar-refractivity contribution in [3.05, 3.63) is 29.8 Å². The molecule has 0 aliphatic heterocycles. The van der Waals surface area contributed by atoms with E-state index >= 15 is 0 Å². The van der Waals surface area contributed by atoms with Crippen molar-refractivity contribution in [2.24, 2.45) is 11.1 Å². The van der Waals surface area contributed by atoms with E-state index in [0.29, 0.717) is 18.5 Å². The number of anilines is 1. The van der Waals surface area contributed by atoms with Crippen LogP contribution in [-0.4, -0.2) is 23.5 Å². The fourth-order valence-corrected chi connectivity index (χ4v) is 1.99. The predicted octanol–water partition coefficient (Wildman–Crippen LogP) is 2.09. The van der Waals surface area contributed by atoms with Gasteiger partial charge >= 0.3 is 5.97 Å². The third-order valence-electron chi connectivity index (χ3n) is 3.63. The van der Waals surface area contributed by atoms with Crippen LogP contribution in [0.1, 0.15) is 37.0 Å². The first-order valence-corrected chi connectivity index (χ1v) is 6.34. The van der Waals surface area contributed by atoms with Gasteiger partial charge in [0.25, 0.3) is 0 Å². The summed E-state index contributed by atoms with van der Waals surface area (Å²) in [7, 11) is 0. The summed E-state index contributed by atoms with van der Waals surface area (Å²) >= 11 is 0. The number of amides is 1. The molecule has 0 spiro atoms. The van der Waals surface area contributed by atoms with Crippen LogP contribution in [0.3, 0.4) is 0 Å². The van der Waals surface area contributed by atoms with Crippen molar-refractivity contribution >= 4 is 17.6 Å². The van der Waals surface area contributed by atoms with Crippen molar-refractivity contribution in [1.29, 1.82) is 0 Å². The van der Waals surface area contributed by atoms with E-state index in [-0.39, 0.29) is 18.0 Å². The summed E-state index contributed by atoms with van der Waals surface area (Å²) in [5.74, 6) is -1.30. The van der Waals surface area contributed by atoms with E-state index in [1.54, 1.807) is 18.2 Å². The summed E-state index contributed by atoms with van der Waals surface area (Å²) in [5, 5.41) is 11.8. The zero-order chi connectivity index (χ0) is 14.5. The Kier molecular flexibility index (Phi) is 5.06. The molecule has 0 heterocycles. The summed E-state index contributed by atoms with van der Waals surface area (Å²) in [6.07, 6.45) is 1.22. The highest BCUT2D eigenvalue weighted by molar-refractivity contribution is 6.02. The summed E-state index contributed by atoms with van der Waals surface area (Å²) in [6, 6.07) is 6.34. The van der Waals surface area contributed by atoms with E-state index in [4.69, 9.17) is 10.8 Å². The SMILES string of the molecule is CCC(CC)(CN)C(=O)Nc1ccccc1C(=O)O. The maximum atomic E-state index is 12.3. The second-order valence-electron chi connectivity index (χ2n) is 4.50. The smallest absolute Gasteiger partial charge is 0.337 e. The minimum absolute atomic E-state index is 0.0778. The largest absolute Gasteiger partial charge is 0.478 e. The summed E-state index contributed by atoms with van der Waals surface area (Å²) in [4.78, 5) is 23.4. The lowest BCUT2D eigenvalue weighted by atomic mass is 9.81. The van der Waals surface area contributed by atoms with Gasteiger partial charge in [0, 0.05) is 6.54 Å². The van der Waals surface area contributed by atoms with Gasteiger partial charge in [-0.3, -0.25) is 4.79 Å². The molecule has 19 heavy (non-hydrogen) atoms. The summed E-state index contributed by atoms with van der Waals surface area (Å²) < 4.78 is 0. The van der Waals surface area contributed by atoms with Crippen molar-refractivity contribution in [1.82, 2.24) is 0 Å². The second-order valence-corrected chi connectivity index (χ2v) is 4.50. The van der Waals surface area contributed by atoms with Crippen molar-refractivity contribution in [3.8, 4) is 0 Å². The summed E-state index contributed by atoms with van der Waals surface area (Å²) in [5.41, 5.74) is 5.44. The van der Waals surface area contributed by atoms with E-state index in [1.165, 1.54) is 6.07 Å². The second kappa shape index (κ2) is 6.33. The topological polar surface area (TPSA) is 92.4 Å². The van der Waals surface area contributed by atoms with Crippen LogP contribution < -0.4 is 11.1 Å². The number of carboxylic acids is 1. The first kappa shape index (κ1) is 15.2. The van der Waals surface area contributed by atoms with Gasteiger partial charge in [-0.15, -0.1) is 0 Å². The monoisotopic (exact) mass is 264 g/mol. The molecule has 0 aliphatic rings. The number of carboxylic acid groups (broad SMARTS) is 1. The third kappa shape index (κ3) is 3.12. The molecule has 5 heteroatoms. The molecule has 5 nitrogen and oxygen atoms in total. The number of aromatic carboxylic acids is 1. The normalized spacial score (nSPS) is 11.1. The van der Waals surface area contributed by atoms with Crippen LogP contribution in [0.15, 0.2) is 24.3 Å². The highest BCUT2D eigenvalue weighted by Gasteiger charge is 2.33. The van der Waals surface area contributed by atoms with Gasteiger partial charge in [0.15, 0.2) is 0 Å². The zero-order valence-electron chi connectivity index (χ0n) is 11.3. The number of carbonyl (C=O) groups excluding carboxylic acids is 1. The van der Waals surface area contributed by atoms with Crippen LogP contribution >= 0.6 is 0 Å². The third-order valence-corrected chi connectivity index (χ3v) is 3.63. The molecule has 0 aliphatic carbocycles. The fourth-order valence-electron chi connectivity index (χ4n) is 1.99. The fraction of sp³-hybridized carbons (Fsp3) is 0.429. The van der Waals surface area contributed by atoms with Gasteiger partial charge in [0.05, 0.1) is 16.7 Å². The molecular formula is C14H20N2O3. The average Bonchev–Trinajstić information content (AvgIpc) is 2.41. The lowest BCUT2D eigenvalue weighted by Crippen LogP contribution is -2.41. The molecule has 1 amide bonds. The Hall–Kier alpha value is -1.88. The first-order chi connectivity index (χ1) is 9.00. The Morgan fingerprint density at radius 3 is 2.32 bits per heavy atom. The first-order valence-electron chi connectivity index (χ1n) is 6.34. The van der Waals surface area contributed by atoms with Gasteiger partial charge in [-0.1, -0.05) is 26.0 Å². The molecule has 4 N–H and O–H groups in total. The maximum Gasteiger partial charge on any atom is 0.337 e. The number of hydrogen-bond donors (Lipinski definition) is 3. The molecular weight excluding hydrogens is 244 g/mol. The summed E-state index contributed by atoms with van der Waals surface area (Å²) in [6.45, 7) is 4.04. The quantitative estimate of drug-likeness (QED) is 0.733. The van der Waals surface area contributed by atoms with Gasteiger partial charge in [0.2, 0.25) is 5.91 Å². The molecule has 0 saturated heterocycles. The Morgan fingerprint density at radius 2 is 1.84 bits per heavy atom. The standard InChI is InChI=1S/C14H20N2O3/c1-3-14(4-2,9-15)13(19)16-11-8-6-5-7-10(11)12(17)18/h5-8H,3-4,9,15H2,1-2H3,(H,16,19)(H,17,18). The van der Waals surface area contributed by atoms with Gasteiger partial charge in [-0.05, 0) is 25.0 Å². The molecule has 1 aromatic carbocycles. The molecule has 0 radical (unpaired) electrons. The Balaban J connectivity index is 3.03. The molecule has 0 unspecified atom stereocenters. The van der Waals surface area contributed by atoms with Gasteiger partial charge in [-0.25, -0.2) is 4.79 Å². The van der Waals surface area contributed by atoms with Crippen LogP contribution in [0.5, 0.6) is 0 Å². The van der Waals surface area contributed by atoms with Gasteiger partial charge in [0.1, 0.15) is 0 Å². The minimum atomic E-state index is -1.07. The van der Waals surface area contributed by atoms with Crippen molar-refractivity contribution in [2.75, 3.05) is 11.9 Å². The van der Waals surface area contributed by atoms with E-state index < -0.39 is 11.4 Å². The Labute approximate surface area is 112 Å². The van der Waals surface area contributed by atoms with E-state index in [2.05, 4.69) is 5.32 Å². The lowest BCUT2D eigenvalue weighted by Gasteiger charge is -2.28. The van der Waals surface area contributed by atoms with E-state index in [1.807, 2.05) is 13.8 Å². The molecule has 0 saturated carbocycles. The van der Waals surface area contributed by atoms with Crippen LogP contribution in [0.2, 0.25) is 0 Å². The van der Waals surface area contributed by atoms with Crippen LogP contribution in [-0.2, 0) is 4.79 Å². The molecule has 0 atom stereocenters. The van der Waals surface area contributed by atoms with Crippen molar-refractivity contribution in [2.45, 2.75) is 26.7 Å². The molecule has 0 fully saturated rings. The molecule has 0 bridgehead atoms. The maximum absolute atomic E-state index is 12.3. The number of benzene rings is 1. The number of nitrogens with two attached hydrogens (primary N) is 1. The van der Waals surface area contributed by atoms with Crippen LogP contribution in [0.25, 0.3) is 0 Å².